The molecule has 20 rings (SSSR count). The van der Waals surface area contributed by atoms with Gasteiger partial charge in [-0.05, 0) is 212 Å². The van der Waals surface area contributed by atoms with Crippen molar-refractivity contribution in [2.24, 2.45) is 0 Å². The molecule has 16 aromatic rings. The van der Waals surface area contributed by atoms with Gasteiger partial charge in [-0.2, -0.15) is 20.4 Å². The highest BCUT2D eigenvalue weighted by Gasteiger charge is 2.27. The minimum atomic E-state index is -0.421. The van der Waals surface area contributed by atoms with Crippen LogP contribution in [-0.2, 0) is 26.2 Å². The van der Waals surface area contributed by atoms with Gasteiger partial charge in [-0.25, -0.2) is 17.6 Å². The van der Waals surface area contributed by atoms with E-state index in [4.69, 9.17) is 65.4 Å². The number of benzene rings is 4. The van der Waals surface area contributed by atoms with E-state index in [1.54, 1.807) is 92.4 Å². The van der Waals surface area contributed by atoms with Crippen LogP contribution in [0.4, 0.5) is 17.6 Å². The van der Waals surface area contributed by atoms with Crippen LogP contribution < -0.4 is 24.3 Å². The molecule has 4 aliphatic rings. The van der Waals surface area contributed by atoms with Gasteiger partial charge in [0.15, 0.2) is 0 Å². The van der Waals surface area contributed by atoms with Crippen molar-refractivity contribution in [1.82, 2.24) is 115 Å². The van der Waals surface area contributed by atoms with E-state index >= 15 is 17.6 Å². The second kappa shape index (κ2) is 49.0. The fourth-order valence-corrected chi connectivity index (χ4v) is 19.8. The van der Waals surface area contributed by atoms with Crippen LogP contribution in [0.5, 0.6) is 23.0 Å². The summed E-state index contributed by atoms with van der Waals surface area (Å²) in [5, 5.41) is 56.4. The van der Waals surface area contributed by atoms with Crippen molar-refractivity contribution < 1.29 is 46.7 Å². The molecule has 762 valence electrons. The smallest absolute Gasteiger partial charge is 0.134 e. The summed E-state index contributed by atoms with van der Waals surface area (Å²) in [7, 11) is 2.14. The van der Waals surface area contributed by atoms with E-state index in [-0.39, 0.29) is 48.9 Å². The number of rotatable bonds is 29. The molecule has 29 nitrogen and oxygen atoms in total. The van der Waals surface area contributed by atoms with Gasteiger partial charge in [0.05, 0.1) is 101 Å². The van der Waals surface area contributed by atoms with Crippen molar-refractivity contribution in [3.8, 4) is 23.0 Å². The molecule has 12 aromatic heterocycles. The maximum absolute atomic E-state index is 15.2. The standard InChI is InChI=1S/C28H30ClFN6O2.C28H30ClFN6O.C27H28ClFN6O.C27H27ClFN5O2/c1-18-13-31-15-24(29)28(18)19(2)38-22-5-6-26-23(11-22)27(34-33-26)12-25(30)20-3-4-21(32-14-20)16-35-7-9-36(17-37)10-8-35;1-18-14-31-16-24(29)28(18)19(2)37-22-6-7-26-23(12-22)27(34-33-26)13-25(30)20-4-5-21(32-15-20)17-36-10-8-35(3)9-11-36;1-17-13-31-15-23(28)27(17)18(2)36-21-5-6-25-22(11-21)26(34-33-25)12-24(29)19-3-4-20(32-14-19)16-35-9-7-30-8-10-35;1-16-11-30-13-23(28)27(16)17(2)36-21-5-6-25-22(9-21)26(33-32-25)10-24(29)18-3-4-19(31-12-18)14-34-8-7-20(35)15-34/h3-6,11-15,19,37H,7-10,16-17H2,1-2H3,(H,33,34);4-7,12-16,19H,8-11,17H2,1-3H3,(H,33,34);3-6,11-15,18,30H,7-10,16H2,1-2H3,(H,33,34);3-6,9-13,17,20,35H,7-8,14-15H2,1-2H3,(H,32,33)/b25-12-;25-13-;24-12-;24-10-/t2*19-;18-;17-,20?/m1111/s1. The number of H-pyrrole nitrogens is 4. The minimum absolute atomic E-state index is 0.0889. The van der Waals surface area contributed by atoms with Crippen molar-refractivity contribution in [2.75, 3.05) is 105 Å². The van der Waals surface area contributed by atoms with E-state index < -0.39 is 11.7 Å². The van der Waals surface area contributed by atoms with Gasteiger partial charge in [-0.1, -0.05) is 46.4 Å². The number of piperazine rings is 3. The third-order valence-corrected chi connectivity index (χ3v) is 27.6. The van der Waals surface area contributed by atoms with Crippen molar-refractivity contribution in [2.45, 2.75) is 119 Å². The number of nitrogens with one attached hydrogen (secondary N) is 5. The molecule has 0 amide bonds. The van der Waals surface area contributed by atoms with Crippen LogP contribution in [0.2, 0.25) is 20.1 Å². The Bertz CT molecular complexity index is 7080. The topological polar surface area (TPSA) is 327 Å². The average molecular weight is 2070 g/mol. The normalized spacial score (nSPS) is 16.5. The number of ether oxygens (including phenoxy) is 4. The average Bonchev–Trinajstić information content (AvgIpc) is 1.79. The van der Waals surface area contributed by atoms with E-state index in [9.17, 15) is 10.2 Å². The van der Waals surface area contributed by atoms with E-state index in [1.165, 1.54) is 30.5 Å². The lowest BCUT2D eigenvalue weighted by atomic mass is 10.1. The molecule has 0 spiro atoms. The lowest BCUT2D eigenvalue weighted by Crippen LogP contribution is -2.46. The number of aromatic nitrogens is 16. The Morgan fingerprint density at radius 1 is 0.361 bits per heavy atom. The first-order valence-corrected chi connectivity index (χ1v) is 50.2. The molecule has 0 saturated carbocycles. The molecule has 0 aliphatic carbocycles. The molecule has 4 fully saturated rings. The highest BCUT2D eigenvalue weighted by atomic mass is 35.5. The predicted molar refractivity (Wildman–Crippen MR) is 570 cm³/mol. The van der Waals surface area contributed by atoms with Gasteiger partial charge in [0.1, 0.15) is 70.7 Å². The van der Waals surface area contributed by atoms with Crippen molar-refractivity contribution in [1.29, 1.82) is 0 Å². The summed E-state index contributed by atoms with van der Waals surface area (Å²) in [5.41, 5.74) is 17.6. The number of aliphatic hydroxyl groups excluding tert-OH is 2. The molecule has 4 aliphatic heterocycles. The van der Waals surface area contributed by atoms with Crippen LogP contribution >= 0.6 is 46.4 Å². The van der Waals surface area contributed by atoms with Crippen LogP contribution in [0.25, 0.3) is 91.2 Å². The number of fused-ring (bicyclic) bond motifs is 4. The number of nitrogens with zero attached hydrogens (tertiary/aromatic N) is 18. The molecule has 4 aromatic carbocycles. The summed E-state index contributed by atoms with van der Waals surface area (Å²) >= 11 is 25.4. The first-order chi connectivity index (χ1) is 71.1. The minimum Gasteiger partial charge on any atom is -0.486 e. The number of pyridine rings is 8. The monoisotopic (exact) mass is 2070 g/mol. The molecular weight excluding hydrogens is 1960 g/mol. The van der Waals surface area contributed by atoms with E-state index in [1.807, 2.05) is 157 Å². The van der Waals surface area contributed by atoms with Crippen LogP contribution in [0.1, 0.15) is 171 Å². The lowest BCUT2D eigenvalue weighted by molar-refractivity contribution is 0.0514. The third kappa shape index (κ3) is 27.0. The summed E-state index contributed by atoms with van der Waals surface area (Å²) < 4.78 is 85.3. The maximum Gasteiger partial charge on any atom is 0.134 e. The molecule has 16 heterocycles. The molecule has 0 radical (unpaired) electrons. The van der Waals surface area contributed by atoms with Crippen molar-refractivity contribution >= 4 is 138 Å². The zero-order valence-corrected chi connectivity index (χ0v) is 85.9. The summed E-state index contributed by atoms with van der Waals surface area (Å²) in [6.45, 7) is 31.4. The highest BCUT2D eigenvalue weighted by Crippen LogP contribution is 2.40. The summed E-state index contributed by atoms with van der Waals surface area (Å²) in [5.74, 6) is 0.913. The molecule has 5 atom stereocenters. The molecule has 0 bridgehead atoms. The number of aliphatic hydroxyl groups is 2. The number of hydrogen-bond donors (Lipinski definition) is 7. The zero-order valence-electron chi connectivity index (χ0n) is 82.9. The highest BCUT2D eigenvalue weighted by molar-refractivity contribution is 6.32. The Hall–Kier alpha value is -13.4. The Kier molecular flexibility index (Phi) is 35.0. The van der Waals surface area contributed by atoms with Gasteiger partial charge in [0.25, 0.3) is 0 Å². The fourth-order valence-electron chi connectivity index (χ4n) is 18.4. The summed E-state index contributed by atoms with van der Waals surface area (Å²) in [4.78, 5) is 47.7. The van der Waals surface area contributed by atoms with E-state index in [0.29, 0.717) is 119 Å². The molecule has 147 heavy (non-hydrogen) atoms. The fraction of sp³-hybridized carbons (Fsp3) is 0.309. The molecule has 4 saturated heterocycles. The first kappa shape index (κ1) is 105. The van der Waals surface area contributed by atoms with Gasteiger partial charge < -0.3 is 39.4 Å². The lowest BCUT2D eigenvalue weighted by Gasteiger charge is -2.33. The van der Waals surface area contributed by atoms with Gasteiger partial charge in [-0.3, -0.25) is 84.8 Å². The Morgan fingerprint density at radius 3 is 0.891 bits per heavy atom. The first-order valence-electron chi connectivity index (χ1n) is 48.7. The van der Waals surface area contributed by atoms with Crippen molar-refractivity contribution in [3.05, 3.63) is 328 Å². The van der Waals surface area contributed by atoms with Crippen LogP contribution in [0.3, 0.4) is 0 Å². The molecule has 37 heteroatoms. The maximum atomic E-state index is 15.2. The number of halogens is 8. The van der Waals surface area contributed by atoms with E-state index in [0.717, 1.165) is 204 Å². The quantitative estimate of drug-likeness (QED) is 0.0214. The third-order valence-electron chi connectivity index (χ3n) is 26.4. The van der Waals surface area contributed by atoms with Gasteiger partial charge in [0, 0.05) is 283 Å². The van der Waals surface area contributed by atoms with Gasteiger partial charge in [-0.15, -0.1) is 0 Å². The number of likely N-dealkylation sites (tertiary alicyclic amines) is 1. The number of likely N-dealkylation sites (N-methyl/N-ethyl adjacent to an activating group) is 1. The van der Waals surface area contributed by atoms with Gasteiger partial charge in [0.2, 0.25) is 0 Å². The number of β-amino-alcohol motifs (C(OH)–C–C–N with tert-alkyl or cyclic N) is 1. The Morgan fingerprint density at radius 2 is 0.633 bits per heavy atom. The van der Waals surface area contributed by atoms with Crippen LogP contribution in [-0.4, -0.2) is 232 Å². The Balaban J connectivity index is 0.000000134. The predicted octanol–water partition coefficient (Wildman–Crippen LogP) is 21.5. The number of aromatic amines is 4. The van der Waals surface area contributed by atoms with Crippen LogP contribution in [0.15, 0.2) is 196 Å². The molecule has 7 N–H and O–H groups in total. The summed E-state index contributed by atoms with van der Waals surface area (Å²) in [6, 6.07) is 36.6. The largest absolute Gasteiger partial charge is 0.486 e. The molecule has 1 unspecified atom stereocenters. The van der Waals surface area contributed by atoms with Crippen LogP contribution in [0, 0.1) is 27.7 Å². The number of aryl methyl sites for hydroxylation is 4. The number of hydrogen-bond acceptors (Lipinski definition) is 25. The zero-order chi connectivity index (χ0) is 103. The second-order valence-corrected chi connectivity index (χ2v) is 38.8. The Labute approximate surface area is 869 Å². The van der Waals surface area contributed by atoms with Gasteiger partial charge >= 0.3 is 0 Å². The summed E-state index contributed by atoms with van der Waals surface area (Å²) in [6.07, 6.45) is 24.8. The molecular formula is C110H115Cl4F4N23O6. The van der Waals surface area contributed by atoms with E-state index in [2.05, 4.69) is 118 Å². The second-order valence-electron chi connectivity index (χ2n) is 37.2. The SMILES string of the molecule is Cc1cncc(Cl)c1[C@@H](C)Oc1ccc2n[nH]c(/C=C(\F)c3ccc(CN4CCC(O)C4)nc3)c2c1.Cc1cncc(Cl)c1[C@@H](C)Oc1ccc2n[nH]c(/C=C(\F)c3ccc(CN4CCN(C)CC4)nc3)c2c1.Cc1cncc(Cl)c1[C@@H](C)Oc1ccc2n[nH]c(/C=C(\F)c3ccc(CN4CCN(CO)CC4)nc3)c2c1.Cc1cncc(Cl)c1[C@@H](C)Oc1ccc2n[nH]c(/C=C(\F)c3ccc(CN4CCNCC4)nc3)c2c1. The van der Waals surface area contributed by atoms with Crippen molar-refractivity contribution in [3.63, 3.8) is 0 Å².